The minimum absolute atomic E-state index is 0.0850. The first-order valence-electron chi connectivity index (χ1n) is 8.16. The minimum Gasteiger partial charge on any atom is -0.481 e. The highest BCUT2D eigenvalue weighted by molar-refractivity contribution is 5.79. The SMILES string of the molecule is CCC1(CC)CCN(C(=O)NC2CCCC2(C)C(=O)O)C1. The van der Waals surface area contributed by atoms with E-state index in [0.29, 0.717) is 6.42 Å². The first kappa shape index (κ1) is 16.1. The van der Waals surface area contributed by atoms with Crippen LogP contribution in [0.15, 0.2) is 0 Å². The zero-order valence-corrected chi connectivity index (χ0v) is 13.4. The monoisotopic (exact) mass is 296 g/mol. The zero-order chi connectivity index (χ0) is 15.7. The first-order chi connectivity index (χ1) is 9.87. The molecule has 5 nitrogen and oxygen atoms in total. The van der Waals surface area contributed by atoms with Gasteiger partial charge in [0.05, 0.1) is 5.41 Å². The van der Waals surface area contributed by atoms with E-state index in [-0.39, 0.29) is 17.5 Å². The number of nitrogens with zero attached hydrogens (tertiary/aromatic N) is 1. The maximum absolute atomic E-state index is 12.5. The van der Waals surface area contributed by atoms with E-state index in [1.165, 1.54) is 0 Å². The van der Waals surface area contributed by atoms with Gasteiger partial charge in [0.1, 0.15) is 0 Å². The molecule has 1 aliphatic heterocycles. The molecular formula is C16H28N2O3. The van der Waals surface area contributed by atoms with Crippen LogP contribution in [0.3, 0.4) is 0 Å². The number of carbonyl (C=O) groups excluding carboxylic acids is 1. The van der Waals surface area contributed by atoms with Crippen LogP contribution in [0.1, 0.15) is 59.3 Å². The Labute approximate surface area is 127 Å². The van der Waals surface area contributed by atoms with Gasteiger partial charge in [0, 0.05) is 19.1 Å². The highest BCUT2D eigenvalue weighted by atomic mass is 16.4. The Kier molecular flexibility index (Phi) is 4.49. The summed E-state index contributed by atoms with van der Waals surface area (Å²) in [6.45, 7) is 7.69. The standard InChI is InChI=1S/C16H28N2O3/c1-4-16(5-2)9-10-18(11-16)14(21)17-12-7-6-8-15(12,3)13(19)20/h12H,4-11H2,1-3H3,(H,17,21)(H,19,20). The molecule has 1 saturated heterocycles. The normalized spacial score (nSPS) is 31.4. The zero-order valence-electron chi connectivity index (χ0n) is 13.4. The van der Waals surface area contributed by atoms with Gasteiger partial charge in [-0.15, -0.1) is 0 Å². The van der Waals surface area contributed by atoms with Crippen molar-refractivity contribution in [2.24, 2.45) is 10.8 Å². The van der Waals surface area contributed by atoms with Crippen LogP contribution < -0.4 is 5.32 Å². The number of hydrogen-bond donors (Lipinski definition) is 2. The second kappa shape index (κ2) is 5.85. The van der Waals surface area contributed by atoms with Crippen molar-refractivity contribution in [2.45, 2.75) is 65.3 Å². The van der Waals surface area contributed by atoms with E-state index in [4.69, 9.17) is 0 Å². The number of carbonyl (C=O) groups is 2. The van der Waals surface area contributed by atoms with Crippen LogP contribution in [0.25, 0.3) is 0 Å². The molecule has 21 heavy (non-hydrogen) atoms. The Morgan fingerprint density at radius 3 is 2.48 bits per heavy atom. The van der Waals surface area contributed by atoms with E-state index >= 15 is 0 Å². The quantitative estimate of drug-likeness (QED) is 0.838. The molecule has 2 amide bonds. The molecule has 1 aliphatic carbocycles. The van der Waals surface area contributed by atoms with E-state index in [9.17, 15) is 14.7 Å². The van der Waals surface area contributed by atoms with Gasteiger partial charge in [-0.2, -0.15) is 0 Å². The number of rotatable bonds is 4. The molecule has 0 aromatic heterocycles. The Morgan fingerprint density at radius 2 is 1.95 bits per heavy atom. The van der Waals surface area contributed by atoms with Crippen molar-refractivity contribution in [3.63, 3.8) is 0 Å². The lowest BCUT2D eigenvalue weighted by atomic mass is 9.82. The van der Waals surface area contributed by atoms with Gasteiger partial charge in [-0.25, -0.2) is 4.79 Å². The number of amides is 2. The number of carboxylic acids is 1. The van der Waals surface area contributed by atoms with Crippen LogP contribution in [-0.2, 0) is 4.79 Å². The first-order valence-corrected chi connectivity index (χ1v) is 8.16. The Hall–Kier alpha value is -1.26. The highest BCUT2D eigenvalue weighted by Gasteiger charge is 2.47. The predicted molar refractivity (Wildman–Crippen MR) is 81.1 cm³/mol. The molecule has 2 fully saturated rings. The van der Waals surface area contributed by atoms with Crippen molar-refractivity contribution in [2.75, 3.05) is 13.1 Å². The summed E-state index contributed by atoms with van der Waals surface area (Å²) in [6.07, 6.45) is 5.49. The predicted octanol–water partition coefficient (Wildman–Crippen LogP) is 2.85. The molecule has 5 heteroatoms. The van der Waals surface area contributed by atoms with E-state index in [0.717, 1.165) is 45.2 Å². The van der Waals surface area contributed by atoms with Gasteiger partial charge in [0.25, 0.3) is 0 Å². The molecule has 1 heterocycles. The lowest BCUT2D eigenvalue weighted by Crippen LogP contribution is -2.51. The third-order valence-corrected chi connectivity index (χ3v) is 5.97. The summed E-state index contributed by atoms with van der Waals surface area (Å²) in [6, 6.07) is -0.334. The third kappa shape index (κ3) is 2.87. The molecule has 2 rings (SSSR count). The largest absolute Gasteiger partial charge is 0.481 e. The molecule has 1 saturated carbocycles. The summed E-state index contributed by atoms with van der Waals surface area (Å²) >= 11 is 0. The molecule has 2 aliphatic rings. The van der Waals surface area contributed by atoms with Crippen LogP contribution in [0.5, 0.6) is 0 Å². The van der Waals surface area contributed by atoms with Crippen LogP contribution in [0.4, 0.5) is 4.79 Å². The van der Waals surface area contributed by atoms with E-state index in [2.05, 4.69) is 19.2 Å². The van der Waals surface area contributed by atoms with Crippen molar-refractivity contribution >= 4 is 12.0 Å². The second-order valence-corrected chi connectivity index (χ2v) is 7.00. The maximum atomic E-state index is 12.5. The van der Waals surface area contributed by atoms with Crippen molar-refractivity contribution in [1.29, 1.82) is 0 Å². The summed E-state index contributed by atoms with van der Waals surface area (Å²) in [5.74, 6) is -0.803. The lowest BCUT2D eigenvalue weighted by molar-refractivity contribution is -0.148. The fourth-order valence-electron chi connectivity index (χ4n) is 3.83. The molecule has 2 N–H and O–H groups in total. The van der Waals surface area contributed by atoms with Crippen molar-refractivity contribution in [3.05, 3.63) is 0 Å². The maximum Gasteiger partial charge on any atom is 0.317 e. The van der Waals surface area contributed by atoms with E-state index in [1.54, 1.807) is 6.92 Å². The van der Waals surface area contributed by atoms with E-state index < -0.39 is 11.4 Å². The molecule has 2 unspecified atom stereocenters. The summed E-state index contributed by atoms with van der Waals surface area (Å²) in [4.78, 5) is 25.8. The highest BCUT2D eigenvalue weighted by Crippen LogP contribution is 2.39. The number of hydrogen-bond acceptors (Lipinski definition) is 2. The molecule has 0 radical (unpaired) electrons. The van der Waals surface area contributed by atoms with Crippen LogP contribution in [0, 0.1) is 10.8 Å². The summed E-state index contributed by atoms with van der Waals surface area (Å²) in [5, 5.41) is 12.4. The lowest BCUT2D eigenvalue weighted by Gasteiger charge is -2.31. The molecule has 2 atom stereocenters. The number of carboxylic acid groups (broad SMARTS) is 1. The average Bonchev–Trinajstić information content (AvgIpc) is 3.05. The molecule has 120 valence electrons. The van der Waals surface area contributed by atoms with Gasteiger partial charge >= 0.3 is 12.0 Å². The number of urea groups is 1. The Morgan fingerprint density at radius 1 is 1.29 bits per heavy atom. The summed E-state index contributed by atoms with van der Waals surface area (Å²) in [5.41, 5.74) is -0.564. The van der Waals surface area contributed by atoms with Gasteiger partial charge in [0.2, 0.25) is 0 Å². The fourth-order valence-corrected chi connectivity index (χ4v) is 3.83. The third-order valence-electron chi connectivity index (χ3n) is 5.97. The average molecular weight is 296 g/mol. The Balaban J connectivity index is 1.98. The fraction of sp³-hybridized carbons (Fsp3) is 0.875. The van der Waals surface area contributed by atoms with Gasteiger partial charge < -0.3 is 15.3 Å². The summed E-state index contributed by atoms with van der Waals surface area (Å²) < 4.78 is 0. The number of nitrogens with one attached hydrogen (secondary N) is 1. The Bertz CT molecular complexity index is 420. The van der Waals surface area contributed by atoms with Crippen LogP contribution in [0.2, 0.25) is 0 Å². The van der Waals surface area contributed by atoms with E-state index in [1.807, 2.05) is 4.90 Å². The van der Waals surface area contributed by atoms with Gasteiger partial charge in [-0.05, 0) is 44.4 Å². The minimum atomic E-state index is -0.817. The topological polar surface area (TPSA) is 69.6 Å². The smallest absolute Gasteiger partial charge is 0.317 e. The van der Waals surface area contributed by atoms with Crippen LogP contribution in [-0.4, -0.2) is 41.1 Å². The molecule has 0 bridgehead atoms. The summed E-state index contributed by atoms with van der Waals surface area (Å²) in [7, 11) is 0. The molecule has 0 aromatic carbocycles. The number of aliphatic carboxylic acids is 1. The van der Waals surface area contributed by atoms with Gasteiger partial charge in [-0.3, -0.25) is 4.79 Å². The molecular weight excluding hydrogens is 268 g/mol. The molecule has 0 spiro atoms. The van der Waals surface area contributed by atoms with Crippen molar-refractivity contribution < 1.29 is 14.7 Å². The molecule has 0 aromatic rings. The second-order valence-electron chi connectivity index (χ2n) is 7.00. The number of likely N-dealkylation sites (tertiary alicyclic amines) is 1. The van der Waals surface area contributed by atoms with Gasteiger partial charge in [0.15, 0.2) is 0 Å². The van der Waals surface area contributed by atoms with Gasteiger partial charge in [-0.1, -0.05) is 20.3 Å². The van der Waals surface area contributed by atoms with Crippen molar-refractivity contribution in [1.82, 2.24) is 10.2 Å². The van der Waals surface area contributed by atoms with Crippen molar-refractivity contribution in [3.8, 4) is 0 Å². The van der Waals surface area contributed by atoms with Crippen LogP contribution >= 0.6 is 0 Å².